The van der Waals surface area contributed by atoms with Crippen molar-refractivity contribution in [2.24, 2.45) is 7.05 Å². The number of nitrogens with zero attached hydrogens (tertiary/aromatic N) is 4. The average Bonchev–Trinajstić information content (AvgIpc) is 2.74. The monoisotopic (exact) mass is 306 g/mol. The molecule has 8 heteroatoms. The van der Waals surface area contributed by atoms with Gasteiger partial charge in [-0.2, -0.15) is 5.10 Å². The first-order valence-corrected chi connectivity index (χ1v) is 6.66. The second-order valence-corrected chi connectivity index (χ2v) is 5.88. The third-order valence-corrected chi connectivity index (χ3v) is 3.27. The number of nitro groups is 1. The highest BCUT2D eigenvalue weighted by Crippen LogP contribution is 2.33. The van der Waals surface area contributed by atoms with Crippen molar-refractivity contribution in [3.05, 3.63) is 28.3 Å². The lowest BCUT2D eigenvalue weighted by Crippen LogP contribution is -2.46. The molecular weight excluding hydrogens is 288 g/mol. The van der Waals surface area contributed by atoms with E-state index in [0.717, 1.165) is 0 Å². The molecule has 2 aromatic rings. The van der Waals surface area contributed by atoms with Crippen LogP contribution >= 0.6 is 0 Å². The van der Waals surface area contributed by atoms with Crippen molar-refractivity contribution in [1.29, 1.82) is 0 Å². The van der Waals surface area contributed by atoms with Gasteiger partial charge in [0.15, 0.2) is 5.82 Å². The summed E-state index contributed by atoms with van der Waals surface area (Å²) in [7, 11) is 3.00. The number of hydrogen-bond donors (Lipinski definition) is 0. The number of benzene rings is 1. The molecule has 1 aromatic carbocycles. The van der Waals surface area contributed by atoms with Gasteiger partial charge in [-0.1, -0.05) is 0 Å². The van der Waals surface area contributed by atoms with Crippen LogP contribution in [0.1, 0.15) is 20.8 Å². The summed E-state index contributed by atoms with van der Waals surface area (Å²) in [6.45, 7) is 5.51. The molecule has 1 amide bonds. The number of non-ortho nitro benzene ring substituents is 1. The minimum absolute atomic E-state index is 0.0551. The van der Waals surface area contributed by atoms with Crippen molar-refractivity contribution in [2.75, 3.05) is 12.0 Å². The third-order valence-electron chi connectivity index (χ3n) is 3.27. The summed E-state index contributed by atoms with van der Waals surface area (Å²) in [6, 6.07) is 4.44. The van der Waals surface area contributed by atoms with Crippen LogP contribution in [0.25, 0.3) is 10.9 Å². The number of carbonyl (C=O) groups excluding carboxylic acids is 1. The molecule has 2 rings (SSSR count). The molecular formula is C14H18N4O4. The van der Waals surface area contributed by atoms with Gasteiger partial charge in [0.1, 0.15) is 0 Å². The van der Waals surface area contributed by atoms with Crippen LogP contribution in [0, 0.1) is 10.1 Å². The number of aryl methyl sites for hydroxylation is 1. The molecule has 22 heavy (non-hydrogen) atoms. The Morgan fingerprint density at radius 3 is 2.55 bits per heavy atom. The fraction of sp³-hybridized carbons (Fsp3) is 0.429. The summed E-state index contributed by atoms with van der Waals surface area (Å²) in [5.41, 5.74) is 0.0400. The van der Waals surface area contributed by atoms with Gasteiger partial charge >= 0.3 is 6.09 Å². The van der Waals surface area contributed by atoms with E-state index in [2.05, 4.69) is 5.10 Å². The molecule has 1 aromatic heterocycles. The van der Waals surface area contributed by atoms with E-state index < -0.39 is 16.6 Å². The Hall–Kier alpha value is -2.64. The minimum atomic E-state index is -0.598. The normalized spacial score (nSPS) is 11.5. The summed E-state index contributed by atoms with van der Waals surface area (Å²) >= 11 is 0. The van der Waals surface area contributed by atoms with Crippen molar-refractivity contribution in [1.82, 2.24) is 9.78 Å². The Morgan fingerprint density at radius 1 is 1.41 bits per heavy atom. The van der Waals surface area contributed by atoms with Crippen molar-refractivity contribution in [3.8, 4) is 0 Å². The van der Waals surface area contributed by atoms with Gasteiger partial charge < -0.3 is 4.74 Å². The van der Waals surface area contributed by atoms with E-state index in [9.17, 15) is 14.9 Å². The van der Waals surface area contributed by atoms with Crippen LogP contribution in [-0.4, -0.2) is 33.4 Å². The van der Waals surface area contributed by atoms with E-state index in [1.165, 1.54) is 24.1 Å². The molecule has 0 fully saturated rings. The van der Waals surface area contributed by atoms with E-state index in [1.54, 1.807) is 17.8 Å². The number of fused-ring (bicyclic) bond motifs is 1. The number of ether oxygens (including phenoxy) is 1. The van der Waals surface area contributed by atoms with E-state index in [0.29, 0.717) is 16.7 Å². The molecule has 0 saturated carbocycles. The second kappa shape index (κ2) is 5.28. The molecule has 0 spiro atoms. The smallest absolute Gasteiger partial charge is 0.415 e. The lowest BCUT2D eigenvalue weighted by molar-refractivity contribution is -0.384. The topological polar surface area (TPSA) is 90.5 Å². The fourth-order valence-corrected chi connectivity index (χ4v) is 2.28. The molecule has 1 heterocycles. The molecule has 118 valence electrons. The number of nitro benzene ring substituents is 1. The zero-order valence-electron chi connectivity index (χ0n) is 13.2. The maximum absolute atomic E-state index is 12.2. The third kappa shape index (κ3) is 2.59. The highest BCUT2D eigenvalue weighted by molar-refractivity contribution is 6.00. The van der Waals surface area contributed by atoms with Gasteiger partial charge in [0, 0.05) is 24.7 Å². The summed E-state index contributed by atoms with van der Waals surface area (Å²) in [6.07, 6.45) is -0.570. The Kier molecular flexibility index (Phi) is 3.78. The summed E-state index contributed by atoms with van der Waals surface area (Å²) in [5.74, 6) is 0.334. The van der Waals surface area contributed by atoms with E-state index in [1.807, 2.05) is 20.8 Å². The van der Waals surface area contributed by atoms with Crippen LogP contribution in [-0.2, 0) is 11.8 Å². The molecule has 0 aliphatic rings. The SMILES string of the molecule is COC(=O)N(c1nn(C)c2ccc([N+](=O)[O-])cc12)C(C)(C)C. The van der Waals surface area contributed by atoms with Crippen molar-refractivity contribution in [3.63, 3.8) is 0 Å². The van der Waals surface area contributed by atoms with Crippen LogP contribution < -0.4 is 4.90 Å². The van der Waals surface area contributed by atoms with Gasteiger partial charge in [-0.3, -0.25) is 19.7 Å². The fourth-order valence-electron chi connectivity index (χ4n) is 2.28. The molecule has 0 aliphatic carbocycles. The number of rotatable bonds is 2. The van der Waals surface area contributed by atoms with Gasteiger partial charge in [0.2, 0.25) is 0 Å². The maximum atomic E-state index is 12.2. The summed E-state index contributed by atoms with van der Waals surface area (Å²) in [5, 5.41) is 15.9. The van der Waals surface area contributed by atoms with Gasteiger partial charge in [-0.25, -0.2) is 4.79 Å². The first-order valence-electron chi connectivity index (χ1n) is 6.66. The molecule has 0 N–H and O–H groups in total. The van der Waals surface area contributed by atoms with Gasteiger partial charge in [-0.05, 0) is 26.8 Å². The van der Waals surface area contributed by atoms with Crippen LogP contribution in [0.5, 0.6) is 0 Å². The predicted molar refractivity (Wildman–Crippen MR) is 82.0 cm³/mol. The van der Waals surface area contributed by atoms with E-state index >= 15 is 0 Å². The van der Waals surface area contributed by atoms with Crippen LogP contribution in [0.4, 0.5) is 16.3 Å². The lowest BCUT2D eigenvalue weighted by atomic mass is 10.1. The molecule has 0 radical (unpaired) electrons. The number of carbonyl (C=O) groups is 1. The van der Waals surface area contributed by atoms with Gasteiger partial charge in [0.05, 0.1) is 22.9 Å². The maximum Gasteiger partial charge on any atom is 0.415 e. The summed E-state index contributed by atoms with van der Waals surface area (Å²) < 4.78 is 6.41. The zero-order valence-corrected chi connectivity index (χ0v) is 13.2. The number of hydrogen-bond acceptors (Lipinski definition) is 5. The molecule has 0 atom stereocenters. The molecule has 0 bridgehead atoms. The first kappa shape index (κ1) is 15.7. The summed E-state index contributed by atoms with van der Waals surface area (Å²) in [4.78, 5) is 24.1. The standard InChI is InChI=1S/C14H18N4O4/c1-14(2,3)17(13(19)22-5)12-10-8-9(18(20)21)6-7-11(10)16(4)15-12/h6-8H,1-5H3. The van der Waals surface area contributed by atoms with Crippen LogP contribution in [0.2, 0.25) is 0 Å². The Balaban J connectivity index is 2.74. The van der Waals surface area contributed by atoms with E-state index in [4.69, 9.17) is 4.74 Å². The highest BCUT2D eigenvalue weighted by Gasteiger charge is 2.33. The number of anilines is 1. The molecule has 0 aliphatic heterocycles. The Labute approximate surface area is 127 Å². The quantitative estimate of drug-likeness (QED) is 0.628. The number of aromatic nitrogens is 2. The first-order chi connectivity index (χ1) is 10.2. The van der Waals surface area contributed by atoms with Crippen molar-refractivity contribution in [2.45, 2.75) is 26.3 Å². The molecule has 0 unspecified atom stereocenters. The van der Waals surface area contributed by atoms with E-state index in [-0.39, 0.29) is 5.69 Å². The average molecular weight is 306 g/mol. The van der Waals surface area contributed by atoms with Crippen LogP contribution in [0.15, 0.2) is 18.2 Å². The zero-order chi connectivity index (χ0) is 16.7. The highest BCUT2D eigenvalue weighted by atomic mass is 16.6. The Morgan fingerprint density at radius 2 is 2.05 bits per heavy atom. The van der Waals surface area contributed by atoms with Crippen molar-refractivity contribution >= 4 is 28.5 Å². The number of methoxy groups -OCH3 is 1. The molecule has 0 saturated heterocycles. The minimum Gasteiger partial charge on any atom is -0.452 e. The predicted octanol–water partition coefficient (Wildman–Crippen LogP) is 2.85. The van der Waals surface area contributed by atoms with Gasteiger partial charge in [-0.15, -0.1) is 0 Å². The van der Waals surface area contributed by atoms with Crippen LogP contribution in [0.3, 0.4) is 0 Å². The lowest BCUT2D eigenvalue weighted by Gasteiger charge is -2.32. The second-order valence-electron chi connectivity index (χ2n) is 5.88. The number of amides is 1. The molecule has 8 nitrogen and oxygen atoms in total. The Bertz CT molecular complexity index is 745. The largest absolute Gasteiger partial charge is 0.452 e. The van der Waals surface area contributed by atoms with Crippen molar-refractivity contribution < 1.29 is 14.5 Å². The van der Waals surface area contributed by atoms with Gasteiger partial charge in [0.25, 0.3) is 5.69 Å².